The second-order valence-electron chi connectivity index (χ2n) is 8.94. The lowest BCUT2D eigenvalue weighted by molar-refractivity contribution is -0.127. The maximum Gasteiger partial charge on any atom is 0.241 e. The SMILES string of the molecule is COc1ccc(N2C(=O)[C@@H]3[C@@H](c4ccccc4)OC4(C(=O)c5ccccc5C4=O)[C@@H]3C2=O)cc1OC. The molecule has 3 aromatic carbocycles. The first-order valence-corrected chi connectivity index (χ1v) is 11.4. The molecule has 2 aliphatic heterocycles. The molecule has 2 amide bonds. The molecular weight excluding hydrogens is 462 g/mol. The molecule has 2 saturated heterocycles. The van der Waals surface area contributed by atoms with Gasteiger partial charge in [-0.1, -0.05) is 54.6 Å². The van der Waals surface area contributed by atoms with Crippen LogP contribution in [0.25, 0.3) is 0 Å². The largest absolute Gasteiger partial charge is 0.493 e. The van der Waals surface area contributed by atoms with Gasteiger partial charge in [0.15, 0.2) is 11.5 Å². The lowest BCUT2D eigenvalue weighted by Gasteiger charge is -2.27. The zero-order valence-electron chi connectivity index (χ0n) is 19.5. The third-order valence-electron chi connectivity index (χ3n) is 7.27. The van der Waals surface area contributed by atoms with E-state index in [2.05, 4.69) is 0 Å². The van der Waals surface area contributed by atoms with Crippen LogP contribution in [0.2, 0.25) is 0 Å². The standard InChI is InChI=1S/C28H21NO7/c1-34-19-13-12-16(14-20(19)35-2)29-26(32)21-22(27(29)33)28(36-23(21)15-8-4-3-5-9-15)24(30)17-10-6-7-11-18(17)25(28)31/h3-14,21-23H,1-2H3/t21-,22-,23+/m0/s1. The van der Waals surface area contributed by atoms with Gasteiger partial charge in [-0.25, -0.2) is 4.90 Å². The summed E-state index contributed by atoms with van der Waals surface area (Å²) in [6.07, 6.45) is -0.958. The van der Waals surface area contributed by atoms with Gasteiger partial charge < -0.3 is 14.2 Å². The highest BCUT2D eigenvalue weighted by molar-refractivity contribution is 6.37. The summed E-state index contributed by atoms with van der Waals surface area (Å²) in [5.74, 6) is -3.99. The number of anilines is 1. The third kappa shape index (κ3) is 2.73. The Morgan fingerprint density at radius 1 is 0.750 bits per heavy atom. The monoisotopic (exact) mass is 483 g/mol. The predicted molar refractivity (Wildman–Crippen MR) is 127 cm³/mol. The molecule has 3 aliphatic rings. The van der Waals surface area contributed by atoms with Crippen LogP contribution in [0.3, 0.4) is 0 Å². The Kier molecular flexibility index (Phi) is 4.84. The molecular formula is C28H21NO7. The number of imide groups is 1. The number of carbonyl (C=O) groups excluding carboxylic acids is 4. The van der Waals surface area contributed by atoms with Crippen molar-refractivity contribution in [2.24, 2.45) is 11.8 Å². The Morgan fingerprint density at radius 3 is 1.97 bits per heavy atom. The van der Waals surface area contributed by atoms with Crippen molar-refractivity contribution >= 4 is 29.1 Å². The summed E-state index contributed by atoms with van der Waals surface area (Å²) < 4.78 is 16.9. The molecule has 0 saturated carbocycles. The van der Waals surface area contributed by atoms with E-state index in [4.69, 9.17) is 14.2 Å². The van der Waals surface area contributed by atoms with Gasteiger partial charge in [-0.15, -0.1) is 0 Å². The third-order valence-corrected chi connectivity index (χ3v) is 7.27. The van der Waals surface area contributed by atoms with E-state index in [1.165, 1.54) is 20.3 Å². The highest BCUT2D eigenvalue weighted by Crippen LogP contribution is 2.57. The van der Waals surface area contributed by atoms with Crippen LogP contribution >= 0.6 is 0 Å². The molecule has 3 atom stereocenters. The van der Waals surface area contributed by atoms with Crippen LogP contribution in [0.5, 0.6) is 11.5 Å². The molecule has 1 spiro atoms. The van der Waals surface area contributed by atoms with Crippen LogP contribution in [-0.2, 0) is 14.3 Å². The van der Waals surface area contributed by atoms with Crippen LogP contribution in [0.1, 0.15) is 32.4 Å². The maximum absolute atomic E-state index is 14.0. The van der Waals surface area contributed by atoms with Crippen molar-refractivity contribution < 1.29 is 33.4 Å². The number of amides is 2. The summed E-state index contributed by atoms with van der Waals surface area (Å²) in [6, 6.07) is 20.0. The Morgan fingerprint density at radius 2 is 1.36 bits per heavy atom. The zero-order valence-corrected chi connectivity index (χ0v) is 19.5. The number of Topliss-reactive ketones (excluding diaryl/α,β-unsaturated/α-hetero) is 2. The number of carbonyl (C=O) groups is 4. The van der Waals surface area contributed by atoms with Crippen molar-refractivity contribution in [2.45, 2.75) is 11.7 Å². The first-order valence-electron chi connectivity index (χ1n) is 11.4. The summed E-state index contributed by atoms with van der Waals surface area (Å²) in [5.41, 5.74) is -0.849. The number of nitrogens with zero attached hydrogens (tertiary/aromatic N) is 1. The number of hydrogen-bond acceptors (Lipinski definition) is 7. The molecule has 0 radical (unpaired) electrons. The molecule has 0 aromatic heterocycles. The molecule has 0 bridgehead atoms. The molecule has 36 heavy (non-hydrogen) atoms. The number of fused-ring (bicyclic) bond motifs is 3. The van der Waals surface area contributed by atoms with Crippen molar-refractivity contribution in [3.8, 4) is 11.5 Å². The van der Waals surface area contributed by atoms with Crippen molar-refractivity contribution in [1.82, 2.24) is 0 Å². The zero-order chi connectivity index (χ0) is 25.2. The van der Waals surface area contributed by atoms with Gasteiger partial charge in [-0.3, -0.25) is 19.2 Å². The van der Waals surface area contributed by atoms with Crippen LogP contribution < -0.4 is 14.4 Å². The Labute approximate surface area is 206 Å². The Bertz CT molecular complexity index is 1410. The number of methoxy groups -OCH3 is 2. The fourth-order valence-corrected chi connectivity index (χ4v) is 5.68. The van der Waals surface area contributed by atoms with Gasteiger partial charge in [-0.2, -0.15) is 0 Å². The minimum absolute atomic E-state index is 0.194. The normalized spacial score (nSPS) is 23.8. The lowest BCUT2D eigenvalue weighted by atomic mass is 9.77. The quantitative estimate of drug-likeness (QED) is 0.414. The number of hydrogen-bond donors (Lipinski definition) is 0. The van der Waals surface area contributed by atoms with E-state index in [1.807, 2.05) is 6.07 Å². The van der Waals surface area contributed by atoms with Gasteiger partial charge >= 0.3 is 0 Å². The molecule has 3 aromatic rings. The van der Waals surface area contributed by atoms with E-state index >= 15 is 0 Å². The summed E-state index contributed by atoms with van der Waals surface area (Å²) in [4.78, 5) is 56.4. The van der Waals surface area contributed by atoms with Crippen LogP contribution in [0.4, 0.5) is 5.69 Å². The highest BCUT2D eigenvalue weighted by Gasteiger charge is 2.74. The van der Waals surface area contributed by atoms with E-state index < -0.39 is 46.9 Å². The number of ether oxygens (including phenoxy) is 3. The summed E-state index contributed by atoms with van der Waals surface area (Å²) in [5, 5.41) is 0. The van der Waals surface area contributed by atoms with E-state index in [1.54, 1.807) is 60.7 Å². The second kappa shape index (κ2) is 7.86. The molecule has 180 valence electrons. The molecule has 0 unspecified atom stereocenters. The van der Waals surface area contributed by atoms with Gasteiger partial charge in [0.25, 0.3) is 0 Å². The predicted octanol–water partition coefficient (Wildman–Crippen LogP) is 3.40. The topological polar surface area (TPSA) is 99.2 Å². The van der Waals surface area contributed by atoms with Crippen LogP contribution in [-0.4, -0.2) is 43.2 Å². The van der Waals surface area contributed by atoms with Crippen molar-refractivity contribution in [2.75, 3.05) is 19.1 Å². The Hall–Kier alpha value is -4.30. The lowest BCUT2D eigenvalue weighted by Crippen LogP contribution is -2.51. The minimum atomic E-state index is -2.10. The number of benzene rings is 3. The van der Waals surface area contributed by atoms with Crippen molar-refractivity contribution in [1.29, 1.82) is 0 Å². The number of rotatable bonds is 4. The van der Waals surface area contributed by atoms with Crippen LogP contribution in [0.15, 0.2) is 72.8 Å². The number of ketones is 2. The first-order chi connectivity index (χ1) is 17.4. The molecule has 6 rings (SSSR count). The molecule has 8 heteroatoms. The summed E-state index contributed by atoms with van der Waals surface area (Å²) in [7, 11) is 2.93. The van der Waals surface area contributed by atoms with Crippen LogP contribution in [0, 0.1) is 11.8 Å². The van der Waals surface area contributed by atoms with E-state index in [0.717, 1.165) is 4.90 Å². The van der Waals surface area contributed by atoms with Crippen molar-refractivity contribution in [3.63, 3.8) is 0 Å². The molecule has 0 N–H and O–H groups in total. The molecule has 2 fully saturated rings. The van der Waals surface area contributed by atoms with Gasteiger partial charge in [0, 0.05) is 17.2 Å². The average molecular weight is 483 g/mol. The first kappa shape index (κ1) is 22.2. The summed E-state index contributed by atoms with van der Waals surface area (Å²) in [6.45, 7) is 0. The fraction of sp³-hybridized carbons (Fsp3) is 0.214. The minimum Gasteiger partial charge on any atom is -0.493 e. The van der Waals surface area contributed by atoms with E-state index in [9.17, 15) is 19.2 Å². The summed E-state index contributed by atoms with van der Waals surface area (Å²) >= 11 is 0. The molecule has 1 aliphatic carbocycles. The maximum atomic E-state index is 14.0. The highest BCUT2D eigenvalue weighted by atomic mass is 16.5. The second-order valence-corrected chi connectivity index (χ2v) is 8.94. The molecule has 8 nitrogen and oxygen atoms in total. The van der Waals surface area contributed by atoms with E-state index in [0.29, 0.717) is 17.1 Å². The van der Waals surface area contributed by atoms with E-state index in [-0.39, 0.29) is 16.8 Å². The van der Waals surface area contributed by atoms with Gasteiger partial charge in [0.05, 0.1) is 37.8 Å². The molecule has 2 heterocycles. The van der Waals surface area contributed by atoms with Crippen molar-refractivity contribution in [3.05, 3.63) is 89.5 Å². The fourth-order valence-electron chi connectivity index (χ4n) is 5.68. The Balaban J connectivity index is 1.52. The smallest absolute Gasteiger partial charge is 0.241 e. The van der Waals surface area contributed by atoms with Gasteiger partial charge in [0.2, 0.25) is 29.0 Å². The van der Waals surface area contributed by atoms with Gasteiger partial charge in [-0.05, 0) is 17.7 Å². The van der Waals surface area contributed by atoms with Gasteiger partial charge in [0.1, 0.15) is 0 Å². The average Bonchev–Trinajstić information content (AvgIpc) is 3.48.